The van der Waals surface area contributed by atoms with Gasteiger partial charge >= 0.3 is 5.97 Å². The Kier molecular flexibility index (Phi) is 6.56. The number of hydrogen-bond donors (Lipinski definition) is 0. The third-order valence-corrected chi connectivity index (χ3v) is 6.60. The summed E-state index contributed by atoms with van der Waals surface area (Å²) < 4.78 is 10.9. The van der Waals surface area contributed by atoms with Crippen LogP contribution in [0.4, 0.5) is 5.69 Å². The molecule has 2 aromatic carbocycles. The first kappa shape index (κ1) is 21.4. The van der Waals surface area contributed by atoms with Crippen LogP contribution in [0.2, 0.25) is 0 Å². The average Bonchev–Trinajstić information content (AvgIpc) is 3.11. The van der Waals surface area contributed by atoms with Crippen molar-refractivity contribution >= 4 is 29.5 Å². The zero-order valence-corrected chi connectivity index (χ0v) is 19.1. The number of carbonyl (C=O) groups is 1. The molecule has 0 unspecified atom stereocenters. The van der Waals surface area contributed by atoms with Gasteiger partial charge in [0, 0.05) is 41.5 Å². The number of methoxy groups -OCH3 is 1. The number of para-hydroxylation sites is 1. The van der Waals surface area contributed by atoms with Crippen molar-refractivity contribution in [1.82, 2.24) is 4.90 Å². The van der Waals surface area contributed by atoms with Crippen LogP contribution in [0.5, 0.6) is 5.75 Å². The molecule has 162 valence electrons. The van der Waals surface area contributed by atoms with E-state index in [0.717, 1.165) is 47.1 Å². The molecule has 0 saturated carbocycles. The maximum atomic E-state index is 12.4. The molecule has 0 fully saturated rings. The van der Waals surface area contributed by atoms with Crippen LogP contribution in [0.3, 0.4) is 0 Å². The number of rotatable bonds is 6. The smallest absolute Gasteiger partial charge is 0.333 e. The average molecular weight is 437 g/mol. The molecule has 0 spiro atoms. The van der Waals surface area contributed by atoms with Crippen molar-refractivity contribution in [3.63, 3.8) is 0 Å². The Bertz CT molecular complexity index is 1030. The van der Waals surface area contributed by atoms with Gasteiger partial charge in [-0.25, -0.2) is 4.79 Å². The summed E-state index contributed by atoms with van der Waals surface area (Å²) in [5.41, 5.74) is 4.98. The topological polar surface area (TPSA) is 42.0 Å². The molecular formula is C25H28N2O3S. The summed E-state index contributed by atoms with van der Waals surface area (Å²) in [6.07, 6.45) is 4.84. The summed E-state index contributed by atoms with van der Waals surface area (Å²) in [6.45, 7) is 4.21. The molecule has 2 heterocycles. The SMILES string of the molecule is CCOc1ccccc1-c1ccc2c(c1)C=C(C(=O)OC)CCN2CC1=CN(C)CS1. The van der Waals surface area contributed by atoms with Crippen LogP contribution in [0, 0.1) is 0 Å². The largest absolute Gasteiger partial charge is 0.493 e. The molecule has 5 nitrogen and oxygen atoms in total. The molecule has 31 heavy (non-hydrogen) atoms. The maximum Gasteiger partial charge on any atom is 0.333 e. The minimum Gasteiger partial charge on any atom is -0.493 e. The molecular weight excluding hydrogens is 408 g/mol. The quantitative estimate of drug-likeness (QED) is 0.594. The van der Waals surface area contributed by atoms with E-state index in [1.165, 1.54) is 12.0 Å². The van der Waals surface area contributed by atoms with Crippen molar-refractivity contribution in [3.8, 4) is 16.9 Å². The van der Waals surface area contributed by atoms with Gasteiger partial charge in [0.1, 0.15) is 5.75 Å². The van der Waals surface area contributed by atoms with Gasteiger partial charge in [0.15, 0.2) is 0 Å². The molecule has 0 atom stereocenters. The fraction of sp³-hybridized carbons (Fsp3) is 0.320. The highest BCUT2D eigenvalue weighted by molar-refractivity contribution is 8.03. The third-order valence-electron chi connectivity index (χ3n) is 5.46. The molecule has 0 radical (unpaired) electrons. The fourth-order valence-electron chi connectivity index (χ4n) is 3.98. The number of anilines is 1. The summed E-state index contributed by atoms with van der Waals surface area (Å²) in [7, 11) is 3.53. The number of hydrogen-bond acceptors (Lipinski definition) is 6. The van der Waals surface area contributed by atoms with Crippen molar-refractivity contribution in [2.75, 3.05) is 44.6 Å². The van der Waals surface area contributed by atoms with E-state index in [9.17, 15) is 4.79 Å². The zero-order chi connectivity index (χ0) is 21.8. The Balaban J connectivity index is 1.75. The molecule has 0 saturated heterocycles. The molecule has 0 N–H and O–H groups in total. The molecule has 0 amide bonds. The maximum absolute atomic E-state index is 12.4. The summed E-state index contributed by atoms with van der Waals surface area (Å²) in [5, 5.41) is 0. The second kappa shape index (κ2) is 9.52. The van der Waals surface area contributed by atoms with Crippen LogP contribution >= 0.6 is 11.8 Å². The Hall–Kier alpha value is -2.86. The highest BCUT2D eigenvalue weighted by atomic mass is 32.2. The van der Waals surface area contributed by atoms with Gasteiger partial charge in [-0.1, -0.05) is 24.3 Å². The highest BCUT2D eigenvalue weighted by Crippen LogP contribution is 2.37. The van der Waals surface area contributed by atoms with Crippen molar-refractivity contribution < 1.29 is 14.3 Å². The minimum atomic E-state index is -0.262. The van der Waals surface area contributed by atoms with Gasteiger partial charge in [-0.3, -0.25) is 0 Å². The van der Waals surface area contributed by atoms with E-state index < -0.39 is 0 Å². The molecule has 0 bridgehead atoms. The van der Waals surface area contributed by atoms with E-state index in [0.29, 0.717) is 18.6 Å². The first-order valence-electron chi connectivity index (χ1n) is 10.5. The molecule has 2 aromatic rings. The summed E-state index contributed by atoms with van der Waals surface area (Å²) in [6, 6.07) is 14.5. The van der Waals surface area contributed by atoms with Gasteiger partial charge in [0.05, 0.1) is 26.1 Å². The Morgan fingerprint density at radius 1 is 1.19 bits per heavy atom. The fourth-order valence-corrected chi connectivity index (χ4v) is 4.93. The van der Waals surface area contributed by atoms with Crippen molar-refractivity contribution in [3.05, 3.63) is 64.7 Å². The summed E-state index contributed by atoms with van der Waals surface area (Å²) in [5.74, 6) is 1.58. The van der Waals surface area contributed by atoms with Crippen molar-refractivity contribution in [2.24, 2.45) is 0 Å². The first-order chi connectivity index (χ1) is 15.1. The van der Waals surface area contributed by atoms with Gasteiger partial charge in [-0.15, -0.1) is 11.8 Å². The Morgan fingerprint density at radius 3 is 2.77 bits per heavy atom. The lowest BCUT2D eigenvalue weighted by Gasteiger charge is -2.25. The van der Waals surface area contributed by atoms with Crippen LogP contribution in [-0.2, 0) is 9.53 Å². The van der Waals surface area contributed by atoms with E-state index in [1.807, 2.05) is 43.0 Å². The Labute approximate surface area is 188 Å². The van der Waals surface area contributed by atoms with E-state index in [1.54, 1.807) is 0 Å². The molecule has 6 heteroatoms. The van der Waals surface area contributed by atoms with E-state index in [2.05, 4.69) is 47.3 Å². The molecule has 2 aliphatic heterocycles. The van der Waals surface area contributed by atoms with Crippen LogP contribution in [0.15, 0.2) is 59.1 Å². The second-order valence-corrected chi connectivity index (χ2v) is 8.73. The number of esters is 1. The minimum absolute atomic E-state index is 0.262. The number of thioether (sulfide) groups is 1. The van der Waals surface area contributed by atoms with Gasteiger partial charge in [0.2, 0.25) is 0 Å². The normalized spacial score (nSPS) is 15.7. The van der Waals surface area contributed by atoms with Crippen molar-refractivity contribution in [2.45, 2.75) is 13.3 Å². The number of carbonyl (C=O) groups excluding carboxylic acids is 1. The summed E-state index contributed by atoms with van der Waals surface area (Å²) in [4.78, 5) is 18.3. The number of benzene rings is 2. The first-order valence-corrected chi connectivity index (χ1v) is 11.5. The Morgan fingerprint density at radius 2 is 2.03 bits per heavy atom. The van der Waals surface area contributed by atoms with Crippen LogP contribution in [-0.4, -0.2) is 50.6 Å². The van der Waals surface area contributed by atoms with Crippen LogP contribution < -0.4 is 9.64 Å². The van der Waals surface area contributed by atoms with E-state index in [-0.39, 0.29) is 5.97 Å². The van der Waals surface area contributed by atoms with Crippen LogP contribution in [0.25, 0.3) is 17.2 Å². The number of nitrogens with zero attached hydrogens (tertiary/aromatic N) is 2. The lowest BCUT2D eigenvalue weighted by molar-refractivity contribution is -0.136. The van der Waals surface area contributed by atoms with Gasteiger partial charge in [-0.2, -0.15) is 0 Å². The monoisotopic (exact) mass is 436 g/mol. The van der Waals surface area contributed by atoms with Gasteiger partial charge < -0.3 is 19.3 Å². The molecule has 0 aromatic heterocycles. The van der Waals surface area contributed by atoms with E-state index >= 15 is 0 Å². The van der Waals surface area contributed by atoms with Gasteiger partial charge in [0.25, 0.3) is 0 Å². The second-order valence-electron chi connectivity index (χ2n) is 7.66. The number of ether oxygens (including phenoxy) is 2. The lowest BCUT2D eigenvalue weighted by atomic mass is 9.99. The van der Waals surface area contributed by atoms with E-state index in [4.69, 9.17) is 9.47 Å². The number of fused-ring (bicyclic) bond motifs is 1. The predicted molar refractivity (Wildman–Crippen MR) is 128 cm³/mol. The highest BCUT2D eigenvalue weighted by Gasteiger charge is 2.22. The standard InChI is InChI=1S/C25H28N2O3S/c1-4-30-24-8-6-5-7-22(24)18-9-10-23-20(13-18)14-19(25(28)29-3)11-12-27(23)16-21-15-26(2)17-31-21/h5-10,13-15H,4,11-12,16-17H2,1-3H3. The third kappa shape index (κ3) is 4.74. The van der Waals surface area contributed by atoms with Crippen molar-refractivity contribution in [1.29, 1.82) is 0 Å². The molecule has 2 aliphatic rings. The summed E-state index contributed by atoms with van der Waals surface area (Å²) >= 11 is 1.86. The zero-order valence-electron chi connectivity index (χ0n) is 18.3. The van der Waals surface area contributed by atoms with Crippen LogP contribution in [0.1, 0.15) is 18.9 Å². The van der Waals surface area contributed by atoms with Gasteiger partial charge in [-0.05, 0) is 48.7 Å². The molecule has 0 aliphatic carbocycles. The lowest BCUT2D eigenvalue weighted by Crippen LogP contribution is -2.26. The molecule has 4 rings (SSSR count). The predicted octanol–water partition coefficient (Wildman–Crippen LogP) is 5.00.